The Hall–Kier alpha value is -3.48. The molecule has 33 heavy (non-hydrogen) atoms. The Bertz CT molecular complexity index is 1350. The second-order valence-electron chi connectivity index (χ2n) is 7.52. The Morgan fingerprint density at radius 1 is 1.18 bits per heavy atom. The second-order valence-corrected chi connectivity index (χ2v) is 8.34. The van der Waals surface area contributed by atoms with E-state index >= 15 is 0 Å². The first-order chi connectivity index (χ1) is 16.0. The van der Waals surface area contributed by atoms with Crippen molar-refractivity contribution in [1.82, 2.24) is 25.1 Å². The fraction of sp³-hybridized carbons (Fsp3) is 0.227. The van der Waals surface area contributed by atoms with Crippen molar-refractivity contribution in [3.8, 4) is 23.1 Å². The standard InChI is InChI=1S/C22H16Cl2FN7O/c23-16-9-27-10-17(24)15(16)11-33-20-4-14-19(5-18(20)25)30-31-21(14)12-7-28-22(29-8-12)32-3-1-2-13(32)6-26/h4-5,7-10,13H,1-3,11H2,(H,30,31)/t13-/m1/s1. The van der Waals surface area contributed by atoms with E-state index in [9.17, 15) is 9.65 Å². The van der Waals surface area contributed by atoms with Gasteiger partial charge in [-0.25, -0.2) is 14.4 Å². The molecule has 8 nitrogen and oxygen atoms in total. The summed E-state index contributed by atoms with van der Waals surface area (Å²) in [6.07, 6.45) is 7.92. The number of halogens is 3. The van der Waals surface area contributed by atoms with Gasteiger partial charge in [-0.3, -0.25) is 10.1 Å². The number of rotatable bonds is 5. The van der Waals surface area contributed by atoms with Gasteiger partial charge >= 0.3 is 0 Å². The van der Waals surface area contributed by atoms with Gasteiger partial charge in [-0.05, 0) is 18.9 Å². The van der Waals surface area contributed by atoms with Crippen molar-refractivity contribution in [3.05, 3.63) is 58.3 Å². The van der Waals surface area contributed by atoms with Gasteiger partial charge in [0.15, 0.2) is 11.6 Å². The van der Waals surface area contributed by atoms with Gasteiger partial charge in [-0.15, -0.1) is 0 Å². The number of anilines is 1. The first-order valence-electron chi connectivity index (χ1n) is 10.1. The smallest absolute Gasteiger partial charge is 0.226 e. The van der Waals surface area contributed by atoms with Crippen molar-refractivity contribution in [2.45, 2.75) is 25.5 Å². The van der Waals surface area contributed by atoms with Crippen LogP contribution in [0.1, 0.15) is 18.4 Å². The van der Waals surface area contributed by atoms with Crippen LogP contribution in [0, 0.1) is 17.1 Å². The van der Waals surface area contributed by atoms with Crippen molar-refractivity contribution in [3.63, 3.8) is 0 Å². The van der Waals surface area contributed by atoms with Gasteiger partial charge in [-0.2, -0.15) is 10.4 Å². The lowest BCUT2D eigenvalue weighted by atomic mass is 10.1. The van der Waals surface area contributed by atoms with E-state index in [0.717, 1.165) is 19.4 Å². The zero-order valence-corrected chi connectivity index (χ0v) is 18.6. The zero-order valence-electron chi connectivity index (χ0n) is 17.1. The second kappa shape index (κ2) is 8.81. The molecule has 11 heteroatoms. The number of nitrogens with zero attached hydrogens (tertiary/aromatic N) is 6. The number of benzene rings is 1. The summed E-state index contributed by atoms with van der Waals surface area (Å²) >= 11 is 12.3. The number of H-pyrrole nitrogens is 1. The maximum atomic E-state index is 14.6. The summed E-state index contributed by atoms with van der Waals surface area (Å²) in [6.45, 7) is 0.720. The molecule has 3 aromatic heterocycles. The van der Waals surface area contributed by atoms with Crippen LogP contribution >= 0.6 is 23.2 Å². The third-order valence-electron chi connectivity index (χ3n) is 5.51. The third-order valence-corrected chi connectivity index (χ3v) is 6.16. The first kappa shape index (κ1) is 21.4. The monoisotopic (exact) mass is 483 g/mol. The highest BCUT2D eigenvalue weighted by Crippen LogP contribution is 2.33. The predicted molar refractivity (Wildman–Crippen MR) is 122 cm³/mol. The van der Waals surface area contributed by atoms with E-state index < -0.39 is 5.82 Å². The lowest BCUT2D eigenvalue weighted by Gasteiger charge is -2.18. The highest BCUT2D eigenvalue weighted by Gasteiger charge is 2.26. The molecule has 166 valence electrons. The summed E-state index contributed by atoms with van der Waals surface area (Å²) in [5.74, 6) is -0.0217. The molecule has 1 fully saturated rings. The van der Waals surface area contributed by atoms with Crippen LogP contribution in [-0.4, -0.2) is 37.7 Å². The Kier molecular flexibility index (Phi) is 5.70. The van der Waals surface area contributed by atoms with E-state index in [1.54, 1.807) is 18.5 Å². The maximum absolute atomic E-state index is 14.6. The van der Waals surface area contributed by atoms with Crippen LogP contribution < -0.4 is 9.64 Å². The number of hydrogen-bond donors (Lipinski definition) is 1. The molecule has 1 saturated heterocycles. The maximum Gasteiger partial charge on any atom is 0.226 e. The summed E-state index contributed by atoms with van der Waals surface area (Å²) in [6, 6.07) is 4.94. The van der Waals surface area contributed by atoms with Gasteiger partial charge in [-0.1, -0.05) is 23.2 Å². The number of ether oxygens (including phenoxy) is 1. The number of aromatic nitrogens is 5. The SMILES string of the molecule is N#C[C@H]1CCCN1c1ncc(-c2n[nH]c3cc(F)c(OCc4c(Cl)cncc4Cl)cc23)cn1. The van der Waals surface area contributed by atoms with Crippen LogP contribution in [0.5, 0.6) is 5.75 Å². The van der Waals surface area contributed by atoms with Crippen molar-refractivity contribution in [1.29, 1.82) is 5.26 Å². The Labute approximate surface area is 198 Å². The molecule has 4 heterocycles. The van der Waals surface area contributed by atoms with Crippen LogP contribution in [0.25, 0.3) is 22.2 Å². The van der Waals surface area contributed by atoms with E-state index in [-0.39, 0.29) is 18.4 Å². The van der Waals surface area contributed by atoms with Crippen LogP contribution in [0.3, 0.4) is 0 Å². The van der Waals surface area contributed by atoms with Crippen LogP contribution in [0.2, 0.25) is 10.0 Å². The molecule has 0 amide bonds. The predicted octanol–water partition coefficient (Wildman–Crippen LogP) is 4.93. The topological polar surface area (TPSA) is 104 Å². The Morgan fingerprint density at radius 2 is 1.94 bits per heavy atom. The van der Waals surface area contributed by atoms with Crippen LogP contribution in [0.15, 0.2) is 36.9 Å². The highest BCUT2D eigenvalue weighted by atomic mass is 35.5. The molecule has 0 aliphatic carbocycles. The van der Waals surface area contributed by atoms with Crippen molar-refractivity contribution >= 4 is 40.1 Å². The molecule has 4 aromatic rings. The third kappa shape index (κ3) is 4.03. The first-order valence-corrected chi connectivity index (χ1v) is 10.9. The van der Waals surface area contributed by atoms with Gasteiger partial charge < -0.3 is 9.64 Å². The molecule has 5 rings (SSSR count). The number of nitrogens with one attached hydrogen (secondary N) is 1. The van der Waals surface area contributed by atoms with Gasteiger partial charge in [0, 0.05) is 53.9 Å². The summed E-state index contributed by atoms with van der Waals surface area (Å²) in [5.41, 5.74) is 2.22. The lowest BCUT2D eigenvalue weighted by Crippen LogP contribution is -2.29. The molecule has 0 radical (unpaired) electrons. The molecular formula is C22H16Cl2FN7O. The lowest BCUT2D eigenvalue weighted by molar-refractivity contribution is 0.291. The quantitative estimate of drug-likeness (QED) is 0.428. The van der Waals surface area contributed by atoms with E-state index in [1.807, 2.05) is 4.90 Å². The minimum absolute atomic E-state index is 0.0243. The van der Waals surface area contributed by atoms with Gasteiger partial charge in [0.25, 0.3) is 0 Å². The highest BCUT2D eigenvalue weighted by molar-refractivity contribution is 6.35. The number of aromatic amines is 1. The molecule has 1 aliphatic rings. The minimum Gasteiger partial charge on any atom is -0.486 e. The molecule has 1 aromatic carbocycles. The number of nitriles is 1. The summed E-state index contributed by atoms with van der Waals surface area (Å²) in [7, 11) is 0. The van der Waals surface area contributed by atoms with Crippen molar-refractivity contribution in [2.75, 3.05) is 11.4 Å². The van der Waals surface area contributed by atoms with Crippen molar-refractivity contribution < 1.29 is 9.13 Å². The van der Waals surface area contributed by atoms with Gasteiger partial charge in [0.2, 0.25) is 5.95 Å². The van der Waals surface area contributed by atoms with Crippen molar-refractivity contribution in [2.24, 2.45) is 0 Å². The molecule has 0 spiro atoms. The van der Waals surface area contributed by atoms with Gasteiger partial charge in [0.05, 0.1) is 21.6 Å². The normalized spacial score (nSPS) is 15.7. The molecule has 0 saturated carbocycles. The van der Waals surface area contributed by atoms with Crippen LogP contribution in [0.4, 0.5) is 10.3 Å². The number of fused-ring (bicyclic) bond motifs is 1. The van der Waals surface area contributed by atoms with Gasteiger partial charge in [0.1, 0.15) is 18.3 Å². The fourth-order valence-corrected chi connectivity index (χ4v) is 4.28. The largest absolute Gasteiger partial charge is 0.486 e. The van der Waals surface area contributed by atoms with E-state index in [1.165, 1.54) is 18.5 Å². The average molecular weight is 484 g/mol. The summed E-state index contributed by atoms with van der Waals surface area (Å²) in [5, 5.41) is 17.7. The fourth-order valence-electron chi connectivity index (χ4n) is 3.81. The molecule has 1 atom stereocenters. The van der Waals surface area contributed by atoms with Crippen LogP contribution in [-0.2, 0) is 6.61 Å². The Balaban J connectivity index is 1.43. The number of pyridine rings is 1. The zero-order chi connectivity index (χ0) is 22.9. The van der Waals surface area contributed by atoms with E-state index in [0.29, 0.717) is 43.7 Å². The molecule has 1 aliphatic heterocycles. The minimum atomic E-state index is -0.554. The van der Waals surface area contributed by atoms with E-state index in [2.05, 4.69) is 31.2 Å². The molecular weight excluding hydrogens is 468 g/mol. The van der Waals surface area contributed by atoms with E-state index in [4.69, 9.17) is 27.9 Å². The Morgan fingerprint density at radius 3 is 2.67 bits per heavy atom. The molecule has 1 N–H and O–H groups in total. The summed E-state index contributed by atoms with van der Waals surface area (Å²) < 4.78 is 20.3. The molecule has 0 bridgehead atoms. The molecule has 0 unspecified atom stereocenters. The average Bonchev–Trinajstić information content (AvgIpc) is 3.45. The number of hydrogen-bond acceptors (Lipinski definition) is 7. The summed E-state index contributed by atoms with van der Waals surface area (Å²) in [4.78, 5) is 14.6.